The maximum absolute atomic E-state index is 12.6. The number of carbonyl (C=O) groups excluding carboxylic acids is 1. The van der Waals surface area contributed by atoms with Crippen LogP contribution in [0.5, 0.6) is 5.75 Å². The van der Waals surface area contributed by atoms with Crippen molar-refractivity contribution < 1.29 is 15.0 Å². The lowest BCUT2D eigenvalue weighted by molar-refractivity contribution is -0.0886. The summed E-state index contributed by atoms with van der Waals surface area (Å²) in [6.45, 7) is 1.10. The SMILES string of the molecule is O=C(c1ccc(Cl)cc1O)N1CCC2(O)CCCCC2C1. The van der Waals surface area contributed by atoms with Crippen LogP contribution in [0.3, 0.4) is 0 Å². The van der Waals surface area contributed by atoms with Crippen LogP contribution in [0.15, 0.2) is 18.2 Å². The number of amides is 1. The molecular formula is C16H20ClNO3. The minimum atomic E-state index is -0.600. The van der Waals surface area contributed by atoms with Gasteiger partial charge in [0, 0.05) is 24.0 Å². The van der Waals surface area contributed by atoms with E-state index in [2.05, 4.69) is 0 Å². The molecule has 0 radical (unpaired) electrons. The lowest BCUT2D eigenvalue weighted by Crippen LogP contribution is -2.54. The Morgan fingerprint density at radius 1 is 1.33 bits per heavy atom. The van der Waals surface area contributed by atoms with Crippen molar-refractivity contribution in [3.8, 4) is 5.75 Å². The van der Waals surface area contributed by atoms with Crippen LogP contribution in [0.2, 0.25) is 5.02 Å². The fourth-order valence-electron chi connectivity index (χ4n) is 3.61. The highest BCUT2D eigenvalue weighted by atomic mass is 35.5. The maximum Gasteiger partial charge on any atom is 0.257 e. The molecule has 3 rings (SSSR count). The third kappa shape index (κ3) is 2.74. The number of benzene rings is 1. The Kier molecular flexibility index (Phi) is 3.84. The largest absolute Gasteiger partial charge is 0.507 e. The van der Waals surface area contributed by atoms with Crippen LogP contribution < -0.4 is 0 Å². The molecule has 1 aliphatic heterocycles. The number of aromatic hydroxyl groups is 1. The first kappa shape index (κ1) is 14.7. The number of likely N-dealkylation sites (tertiary alicyclic amines) is 1. The fourth-order valence-corrected chi connectivity index (χ4v) is 3.78. The highest BCUT2D eigenvalue weighted by Gasteiger charge is 2.43. The number of halogens is 1. The van der Waals surface area contributed by atoms with Gasteiger partial charge in [-0.25, -0.2) is 0 Å². The van der Waals surface area contributed by atoms with Gasteiger partial charge in [-0.2, -0.15) is 0 Å². The second-order valence-electron chi connectivity index (χ2n) is 6.21. The van der Waals surface area contributed by atoms with Gasteiger partial charge >= 0.3 is 0 Å². The molecule has 21 heavy (non-hydrogen) atoms. The molecule has 1 amide bonds. The maximum atomic E-state index is 12.6. The van der Waals surface area contributed by atoms with E-state index >= 15 is 0 Å². The van der Waals surface area contributed by atoms with Gasteiger partial charge in [0.1, 0.15) is 5.75 Å². The number of carbonyl (C=O) groups is 1. The number of fused-ring (bicyclic) bond motifs is 1. The first-order valence-electron chi connectivity index (χ1n) is 7.50. The van der Waals surface area contributed by atoms with Crippen LogP contribution in [0.1, 0.15) is 42.5 Å². The summed E-state index contributed by atoms with van der Waals surface area (Å²) in [6.07, 6.45) is 4.61. The van der Waals surface area contributed by atoms with Gasteiger partial charge in [0.15, 0.2) is 0 Å². The molecule has 2 atom stereocenters. The quantitative estimate of drug-likeness (QED) is 0.838. The topological polar surface area (TPSA) is 60.8 Å². The zero-order chi connectivity index (χ0) is 15.0. The number of phenolic OH excluding ortho intramolecular Hbond substituents is 1. The van der Waals surface area contributed by atoms with E-state index in [-0.39, 0.29) is 23.1 Å². The Balaban J connectivity index is 1.77. The van der Waals surface area contributed by atoms with Gasteiger partial charge in [0.05, 0.1) is 11.2 Å². The molecule has 2 unspecified atom stereocenters. The molecule has 1 heterocycles. The second-order valence-corrected chi connectivity index (χ2v) is 6.65. The highest BCUT2D eigenvalue weighted by Crippen LogP contribution is 2.40. The van der Waals surface area contributed by atoms with Crippen molar-refractivity contribution >= 4 is 17.5 Å². The van der Waals surface area contributed by atoms with E-state index in [0.29, 0.717) is 24.5 Å². The molecule has 2 fully saturated rings. The third-order valence-electron chi connectivity index (χ3n) is 4.91. The zero-order valence-electron chi connectivity index (χ0n) is 11.9. The van der Waals surface area contributed by atoms with Gasteiger partial charge < -0.3 is 15.1 Å². The molecule has 1 aromatic carbocycles. The minimum absolute atomic E-state index is 0.0861. The lowest BCUT2D eigenvalue weighted by Gasteiger charge is -2.47. The van der Waals surface area contributed by atoms with E-state index in [9.17, 15) is 15.0 Å². The summed E-state index contributed by atoms with van der Waals surface area (Å²) in [5.41, 5.74) is -0.322. The number of piperidine rings is 1. The molecule has 0 aromatic heterocycles. The summed E-state index contributed by atoms with van der Waals surface area (Å²) in [4.78, 5) is 14.3. The Morgan fingerprint density at radius 2 is 2.14 bits per heavy atom. The lowest BCUT2D eigenvalue weighted by atomic mass is 9.71. The van der Waals surface area contributed by atoms with Crippen LogP contribution in [0, 0.1) is 5.92 Å². The van der Waals surface area contributed by atoms with Gasteiger partial charge in [-0.1, -0.05) is 24.4 Å². The zero-order valence-corrected chi connectivity index (χ0v) is 12.6. The molecule has 114 valence electrons. The molecule has 4 nitrogen and oxygen atoms in total. The van der Waals surface area contributed by atoms with E-state index in [1.54, 1.807) is 17.0 Å². The van der Waals surface area contributed by atoms with Gasteiger partial charge in [-0.05, 0) is 37.5 Å². The van der Waals surface area contributed by atoms with Crippen molar-refractivity contribution in [1.82, 2.24) is 4.90 Å². The van der Waals surface area contributed by atoms with Crippen molar-refractivity contribution in [2.24, 2.45) is 5.92 Å². The van der Waals surface area contributed by atoms with E-state index in [4.69, 9.17) is 11.6 Å². The number of phenols is 1. The van der Waals surface area contributed by atoms with E-state index in [1.807, 2.05) is 0 Å². The van der Waals surface area contributed by atoms with Crippen LogP contribution in [-0.2, 0) is 0 Å². The summed E-state index contributed by atoms with van der Waals surface area (Å²) < 4.78 is 0. The summed E-state index contributed by atoms with van der Waals surface area (Å²) in [5.74, 6) is -0.118. The van der Waals surface area contributed by atoms with E-state index in [0.717, 1.165) is 25.7 Å². The van der Waals surface area contributed by atoms with Crippen LogP contribution in [0.25, 0.3) is 0 Å². The first-order valence-corrected chi connectivity index (χ1v) is 7.87. The van der Waals surface area contributed by atoms with Crippen molar-refractivity contribution in [3.05, 3.63) is 28.8 Å². The summed E-state index contributed by atoms with van der Waals surface area (Å²) >= 11 is 5.80. The minimum Gasteiger partial charge on any atom is -0.507 e. The normalized spacial score (nSPS) is 29.0. The van der Waals surface area contributed by atoms with E-state index < -0.39 is 5.60 Å². The van der Waals surface area contributed by atoms with Crippen molar-refractivity contribution in [2.45, 2.75) is 37.7 Å². The van der Waals surface area contributed by atoms with Crippen LogP contribution in [-0.4, -0.2) is 39.7 Å². The average Bonchev–Trinajstić information content (AvgIpc) is 2.45. The average molecular weight is 310 g/mol. The number of rotatable bonds is 1. The molecule has 1 aromatic rings. The number of hydrogen-bond donors (Lipinski definition) is 2. The molecule has 1 saturated carbocycles. The van der Waals surface area contributed by atoms with Gasteiger partial charge in [-0.15, -0.1) is 0 Å². The van der Waals surface area contributed by atoms with Crippen LogP contribution in [0.4, 0.5) is 0 Å². The molecule has 2 N–H and O–H groups in total. The Morgan fingerprint density at radius 3 is 2.90 bits per heavy atom. The highest BCUT2D eigenvalue weighted by molar-refractivity contribution is 6.30. The summed E-state index contributed by atoms with van der Waals surface area (Å²) in [6, 6.07) is 4.55. The molecule has 5 heteroatoms. The Bertz CT molecular complexity index is 562. The van der Waals surface area contributed by atoms with Crippen LogP contribution >= 0.6 is 11.6 Å². The predicted octanol–water partition coefficient (Wildman–Crippen LogP) is 2.81. The number of aliphatic hydroxyl groups is 1. The summed E-state index contributed by atoms with van der Waals surface area (Å²) in [7, 11) is 0. The molecule has 1 aliphatic carbocycles. The fraction of sp³-hybridized carbons (Fsp3) is 0.562. The van der Waals surface area contributed by atoms with Crippen molar-refractivity contribution in [2.75, 3.05) is 13.1 Å². The Hall–Kier alpha value is -1.26. The van der Waals surface area contributed by atoms with Crippen molar-refractivity contribution in [3.63, 3.8) is 0 Å². The monoisotopic (exact) mass is 309 g/mol. The molecule has 0 spiro atoms. The predicted molar refractivity (Wildman–Crippen MR) is 80.5 cm³/mol. The van der Waals surface area contributed by atoms with Crippen molar-refractivity contribution in [1.29, 1.82) is 0 Å². The number of hydrogen-bond acceptors (Lipinski definition) is 3. The summed E-state index contributed by atoms with van der Waals surface area (Å²) in [5, 5.41) is 20.9. The molecule has 1 saturated heterocycles. The molecular weight excluding hydrogens is 290 g/mol. The molecule has 2 aliphatic rings. The standard InChI is InChI=1S/C16H20ClNO3/c17-12-4-5-13(14(19)9-12)15(20)18-8-7-16(21)6-2-1-3-11(16)10-18/h4-5,9,11,19,21H,1-3,6-8,10H2. The third-order valence-corrected chi connectivity index (χ3v) is 5.14. The van der Waals surface area contributed by atoms with E-state index in [1.165, 1.54) is 6.07 Å². The second kappa shape index (κ2) is 5.50. The van der Waals surface area contributed by atoms with Gasteiger partial charge in [-0.3, -0.25) is 4.79 Å². The number of nitrogens with zero attached hydrogens (tertiary/aromatic N) is 1. The first-order chi connectivity index (χ1) is 9.99. The molecule has 0 bridgehead atoms. The smallest absolute Gasteiger partial charge is 0.257 e. The van der Waals surface area contributed by atoms with Gasteiger partial charge in [0.2, 0.25) is 0 Å². The van der Waals surface area contributed by atoms with Gasteiger partial charge in [0.25, 0.3) is 5.91 Å². The Labute approximate surface area is 129 Å².